The Labute approximate surface area is 136 Å². The molecule has 0 aliphatic carbocycles. The molecule has 0 aromatic heterocycles. The Morgan fingerprint density at radius 2 is 2.00 bits per heavy atom. The number of halogens is 2. The van der Waals surface area contributed by atoms with Crippen LogP contribution < -0.4 is 15.2 Å². The second kappa shape index (κ2) is 6.87. The van der Waals surface area contributed by atoms with E-state index in [0.29, 0.717) is 11.3 Å². The first-order valence-electron chi connectivity index (χ1n) is 6.06. The monoisotopic (exact) mass is 369 g/mol. The van der Waals surface area contributed by atoms with Gasteiger partial charge in [-0.2, -0.15) is 0 Å². The molecular weight excluding hydrogens is 357 g/mol. The van der Waals surface area contributed by atoms with Gasteiger partial charge in [0.15, 0.2) is 11.6 Å². The summed E-state index contributed by atoms with van der Waals surface area (Å²) in [6, 6.07) is 9.87. The Kier molecular flexibility index (Phi) is 5.14. The van der Waals surface area contributed by atoms with E-state index in [-0.39, 0.29) is 17.3 Å². The quantitative estimate of drug-likeness (QED) is 0.813. The first-order chi connectivity index (χ1) is 10.0. The fourth-order valence-corrected chi connectivity index (χ4v) is 2.29. The number of hydrogen-bond acceptors (Lipinski definition) is 3. The zero-order valence-corrected chi connectivity index (χ0v) is 13.6. The van der Waals surface area contributed by atoms with Crippen molar-refractivity contribution in [2.75, 3.05) is 7.11 Å². The van der Waals surface area contributed by atoms with E-state index in [4.69, 9.17) is 27.4 Å². The smallest absolute Gasteiger partial charge is 0.165 e. The van der Waals surface area contributed by atoms with Gasteiger partial charge in [-0.05, 0) is 35.9 Å². The number of ether oxygens (including phenoxy) is 2. The molecule has 0 saturated heterocycles. The van der Waals surface area contributed by atoms with Gasteiger partial charge in [0.05, 0.1) is 12.7 Å². The number of rotatable bonds is 5. The summed E-state index contributed by atoms with van der Waals surface area (Å²) in [5.74, 6) is 0.359. The first-order valence-corrected chi connectivity index (χ1v) is 7.26. The fourth-order valence-electron chi connectivity index (χ4n) is 1.79. The van der Waals surface area contributed by atoms with Crippen molar-refractivity contribution < 1.29 is 13.9 Å². The Hall–Kier alpha value is -1.66. The summed E-state index contributed by atoms with van der Waals surface area (Å²) in [4.78, 5) is 0.238. The minimum absolute atomic E-state index is 0.178. The van der Waals surface area contributed by atoms with Crippen LogP contribution in [0.2, 0.25) is 0 Å². The number of hydrogen-bond donors (Lipinski definition) is 1. The zero-order valence-electron chi connectivity index (χ0n) is 11.2. The summed E-state index contributed by atoms with van der Waals surface area (Å²) < 4.78 is 25.0. The first kappa shape index (κ1) is 15.7. The van der Waals surface area contributed by atoms with Crippen molar-refractivity contribution in [3.63, 3.8) is 0 Å². The molecule has 2 aromatic carbocycles. The summed E-state index contributed by atoms with van der Waals surface area (Å²) in [5, 5.41) is 0. The van der Waals surface area contributed by atoms with Crippen LogP contribution in [0.15, 0.2) is 40.9 Å². The highest BCUT2D eigenvalue weighted by Crippen LogP contribution is 2.24. The molecule has 0 radical (unpaired) electrons. The van der Waals surface area contributed by atoms with Gasteiger partial charge >= 0.3 is 0 Å². The van der Waals surface area contributed by atoms with Gasteiger partial charge in [-0.1, -0.05) is 34.2 Å². The van der Waals surface area contributed by atoms with Gasteiger partial charge in [0.1, 0.15) is 17.3 Å². The van der Waals surface area contributed by atoms with E-state index < -0.39 is 5.82 Å². The van der Waals surface area contributed by atoms with Gasteiger partial charge in [0.2, 0.25) is 0 Å². The molecule has 2 N–H and O–H groups in total. The van der Waals surface area contributed by atoms with Gasteiger partial charge in [0, 0.05) is 4.47 Å². The Morgan fingerprint density at radius 3 is 2.67 bits per heavy atom. The summed E-state index contributed by atoms with van der Waals surface area (Å²) in [6.45, 7) is 0.201. The minimum atomic E-state index is -0.415. The lowest BCUT2D eigenvalue weighted by atomic mass is 10.1. The van der Waals surface area contributed by atoms with Crippen molar-refractivity contribution in [1.29, 1.82) is 0 Å². The third-order valence-corrected chi connectivity index (χ3v) is 3.53. The topological polar surface area (TPSA) is 44.5 Å². The highest BCUT2D eigenvalue weighted by Gasteiger charge is 2.09. The van der Waals surface area contributed by atoms with Crippen molar-refractivity contribution in [2.24, 2.45) is 5.73 Å². The maximum Gasteiger partial charge on any atom is 0.165 e. The summed E-state index contributed by atoms with van der Waals surface area (Å²) in [6.07, 6.45) is 0. The van der Waals surface area contributed by atoms with Gasteiger partial charge < -0.3 is 15.2 Å². The zero-order chi connectivity index (χ0) is 15.4. The Bertz CT molecular complexity index is 679. The molecule has 21 heavy (non-hydrogen) atoms. The average molecular weight is 370 g/mol. The lowest BCUT2D eigenvalue weighted by Gasteiger charge is -2.11. The summed E-state index contributed by atoms with van der Waals surface area (Å²) in [5.41, 5.74) is 7.10. The fraction of sp³-hybridized carbons (Fsp3) is 0.133. The van der Waals surface area contributed by atoms with Crippen LogP contribution in [0.25, 0.3) is 0 Å². The maximum atomic E-state index is 13.6. The lowest BCUT2D eigenvalue weighted by Crippen LogP contribution is -2.12. The molecule has 0 saturated carbocycles. The van der Waals surface area contributed by atoms with E-state index in [1.165, 1.54) is 6.07 Å². The molecule has 0 bridgehead atoms. The summed E-state index contributed by atoms with van der Waals surface area (Å²) >= 11 is 8.26. The van der Waals surface area contributed by atoms with Crippen LogP contribution in [0.5, 0.6) is 11.5 Å². The van der Waals surface area contributed by atoms with Crippen molar-refractivity contribution in [1.82, 2.24) is 0 Å². The number of nitrogens with two attached hydrogens (primary N) is 1. The molecule has 0 aliphatic rings. The van der Waals surface area contributed by atoms with E-state index in [1.807, 2.05) is 6.07 Å². The molecule has 0 fully saturated rings. The van der Waals surface area contributed by atoms with Crippen molar-refractivity contribution in [3.05, 3.63) is 57.8 Å². The standard InChI is InChI=1S/C15H13BrFNO2S/c1-19-13-5-2-9(6-11(13)15(18)21)8-20-14-7-10(16)3-4-12(14)17/h2-7H,8H2,1H3,(H2,18,21). The molecule has 0 amide bonds. The lowest BCUT2D eigenvalue weighted by molar-refractivity contribution is 0.290. The van der Waals surface area contributed by atoms with Crippen LogP contribution in [-0.2, 0) is 6.61 Å². The van der Waals surface area contributed by atoms with E-state index in [2.05, 4.69) is 15.9 Å². The Morgan fingerprint density at radius 1 is 1.24 bits per heavy atom. The molecule has 0 heterocycles. The average Bonchev–Trinajstić information content (AvgIpc) is 2.47. The predicted molar refractivity (Wildman–Crippen MR) is 87.3 cm³/mol. The van der Waals surface area contributed by atoms with Crippen molar-refractivity contribution in [2.45, 2.75) is 6.61 Å². The molecular formula is C15H13BrFNO2S. The third-order valence-electron chi connectivity index (χ3n) is 2.82. The van der Waals surface area contributed by atoms with Crippen LogP contribution in [0.1, 0.15) is 11.1 Å². The number of benzene rings is 2. The highest BCUT2D eigenvalue weighted by atomic mass is 79.9. The molecule has 2 rings (SSSR count). The molecule has 0 unspecified atom stereocenters. The number of thiocarbonyl (C=S) groups is 1. The molecule has 6 heteroatoms. The predicted octanol–water partition coefficient (Wildman–Crippen LogP) is 3.81. The van der Waals surface area contributed by atoms with Crippen LogP contribution in [0.4, 0.5) is 4.39 Å². The van der Waals surface area contributed by atoms with Gasteiger partial charge in [0.25, 0.3) is 0 Å². The molecule has 0 aliphatic heterocycles. The molecule has 2 aromatic rings. The molecule has 0 atom stereocenters. The van der Waals surface area contributed by atoms with Gasteiger partial charge in [-0.25, -0.2) is 4.39 Å². The molecule has 110 valence electrons. The SMILES string of the molecule is COc1ccc(COc2cc(Br)ccc2F)cc1C(N)=S. The van der Waals surface area contributed by atoms with Gasteiger partial charge in [-0.3, -0.25) is 0 Å². The largest absolute Gasteiger partial charge is 0.496 e. The Balaban J connectivity index is 2.18. The van der Waals surface area contributed by atoms with Crippen molar-refractivity contribution in [3.8, 4) is 11.5 Å². The second-order valence-electron chi connectivity index (χ2n) is 4.26. The van der Waals surface area contributed by atoms with Gasteiger partial charge in [-0.15, -0.1) is 0 Å². The van der Waals surface area contributed by atoms with E-state index in [0.717, 1.165) is 10.0 Å². The van der Waals surface area contributed by atoms with Crippen LogP contribution in [0, 0.1) is 5.82 Å². The normalized spacial score (nSPS) is 10.2. The van der Waals surface area contributed by atoms with Crippen LogP contribution >= 0.6 is 28.1 Å². The van der Waals surface area contributed by atoms with Crippen LogP contribution in [0.3, 0.4) is 0 Å². The highest BCUT2D eigenvalue weighted by molar-refractivity contribution is 9.10. The number of methoxy groups -OCH3 is 1. The maximum absolute atomic E-state index is 13.6. The molecule has 0 spiro atoms. The van der Waals surface area contributed by atoms with E-state index >= 15 is 0 Å². The second-order valence-corrected chi connectivity index (χ2v) is 5.62. The molecule has 3 nitrogen and oxygen atoms in total. The van der Waals surface area contributed by atoms with Crippen molar-refractivity contribution >= 4 is 33.1 Å². The van der Waals surface area contributed by atoms with Crippen LogP contribution in [-0.4, -0.2) is 12.1 Å². The minimum Gasteiger partial charge on any atom is -0.496 e. The third kappa shape index (κ3) is 3.92. The van der Waals surface area contributed by atoms with E-state index in [9.17, 15) is 4.39 Å². The summed E-state index contributed by atoms with van der Waals surface area (Å²) in [7, 11) is 1.55. The van der Waals surface area contributed by atoms with E-state index in [1.54, 1.807) is 31.4 Å².